The van der Waals surface area contributed by atoms with E-state index in [2.05, 4.69) is 172 Å². The van der Waals surface area contributed by atoms with Crippen LogP contribution in [0.5, 0.6) is 0 Å². The van der Waals surface area contributed by atoms with E-state index in [9.17, 15) is 19.0 Å². The highest BCUT2D eigenvalue weighted by Crippen LogP contribution is 2.38. The summed E-state index contributed by atoms with van der Waals surface area (Å²) in [5.74, 6) is -0.835. The van der Waals surface area contributed by atoms with Crippen LogP contribution in [0, 0.1) is 0 Å². The number of carbonyl (C=O) groups excluding carboxylic acids is 2. The molecule has 0 radical (unpaired) electrons. The van der Waals surface area contributed by atoms with Gasteiger partial charge >= 0.3 is 11.9 Å². The Labute approximate surface area is 579 Å². The van der Waals surface area contributed by atoms with E-state index in [4.69, 9.17) is 18.5 Å². The van der Waals surface area contributed by atoms with Gasteiger partial charge in [0.2, 0.25) is 0 Å². The molecule has 0 aliphatic heterocycles. The number of phosphoric acid groups is 1. The van der Waals surface area contributed by atoms with E-state index in [1.165, 1.54) is 148 Å². The Hall–Kier alpha value is -4.37. The summed E-state index contributed by atoms with van der Waals surface area (Å²) in [6, 6.07) is 0. The second kappa shape index (κ2) is 72.9. The van der Waals surface area contributed by atoms with Crippen molar-refractivity contribution in [2.75, 3.05) is 47.5 Å². The number of carbonyl (C=O) groups is 2. The van der Waals surface area contributed by atoms with Gasteiger partial charge < -0.3 is 27.9 Å². The Bertz CT molecular complexity index is 2150. The first-order valence-electron chi connectivity index (χ1n) is 38.2. The number of ether oxygens (including phenoxy) is 2. The molecule has 0 aliphatic carbocycles. The Morgan fingerprint density at radius 2 is 0.574 bits per heavy atom. The van der Waals surface area contributed by atoms with Crippen molar-refractivity contribution in [2.45, 2.75) is 315 Å². The van der Waals surface area contributed by atoms with Crippen molar-refractivity contribution in [3.05, 3.63) is 158 Å². The molecule has 0 heterocycles. The lowest BCUT2D eigenvalue weighted by molar-refractivity contribution is -0.870. The third-order valence-corrected chi connectivity index (χ3v) is 17.0. The number of rotatable bonds is 69. The number of nitrogens with zero attached hydrogens (tertiary/aromatic N) is 1. The lowest BCUT2D eigenvalue weighted by Gasteiger charge is -2.28. The van der Waals surface area contributed by atoms with E-state index < -0.39 is 26.5 Å². The normalized spacial score (nSPS) is 14.0. The number of quaternary nitrogens is 1. The SMILES string of the molecule is CC/C=C\C/C=C\C/C=C\C/C=C\C/C=C\C/C=C\C/C=C\C/C=C\C/C=C\CCCCCCCCCCCCCC(=O)OC(COC(=O)CCCCCCCCCCCCCCCCCCCC/C=C\C/C=C\C/C=C\C/C=C\CC)COP(=O)([O-])OCC[N+](C)(C)C. The van der Waals surface area contributed by atoms with Crippen LogP contribution in [0.15, 0.2) is 158 Å². The molecule has 0 spiro atoms. The molecule has 0 aromatic rings. The van der Waals surface area contributed by atoms with Gasteiger partial charge in [0.1, 0.15) is 19.8 Å². The second-order valence-electron chi connectivity index (χ2n) is 26.3. The molecule has 0 aromatic carbocycles. The highest BCUT2D eigenvalue weighted by molar-refractivity contribution is 7.45. The largest absolute Gasteiger partial charge is 0.756 e. The fourth-order valence-electron chi connectivity index (χ4n) is 10.3. The summed E-state index contributed by atoms with van der Waals surface area (Å²) < 4.78 is 34.4. The third-order valence-electron chi connectivity index (χ3n) is 16.0. The Balaban J connectivity index is 4.04. The first kappa shape index (κ1) is 89.6. The van der Waals surface area contributed by atoms with Crippen molar-refractivity contribution < 1.29 is 42.1 Å². The van der Waals surface area contributed by atoms with Crippen LogP contribution in [-0.2, 0) is 32.7 Å². The van der Waals surface area contributed by atoms with Crippen LogP contribution in [0.1, 0.15) is 309 Å². The minimum Gasteiger partial charge on any atom is -0.756 e. The molecule has 0 aromatic heterocycles. The maximum Gasteiger partial charge on any atom is 0.306 e. The van der Waals surface area contributed by atoms with Crippen LogP contribution in [-0.4, -0.2) is 70.0 Å². The van der Waals surface area contributed by atoms with Crippen molar-refractivity contribution in [3.63, 3.8) is 0 Å². The predicted molar refractivity (Wildman–Crippen MR) is 406 cm³/mol. The summed E-state index contributed by atoms with van der Waals surface area (Å²) >= 11 is 0. The number of likely N-dealkylation sites (N-methyl/N-ethyl adjacent to an activating group) is 1. The second-order valence-corrected chi connectivity index (χ2v) is 27.7. The van der Waals surface area contributed by atoms with Gasteiger partial charge in [-0.3, -0.25) is 14.2 Å². The van der Waals surface area contributed by atoms with Crippen LogP contribution in [0.3, 0.4) is 0 Å². The van der Waals surface area contributed by atoms with Crippen LogP contribution >= 0.6 is 7.82 Å². The number of hydrogen-bond donors (Lipinski definition) is 0. The zero-order valence-electron chi connectivity index (χ0n) is 61.1. The van der Waals surface area contributed by atoms with Crippen molar-refractivity contribution in [3.8, 4) is 0 Å². The number of esters is 2. The standard InChI is InChI=1S/C84H142NO8P/c1-6-8-10-12-14-16-18-20-22-24-26-28-30-32-34-36-38-39-40-41-42-43-44-45-47-49-51-53-55-57-59-61-63-65-67-69-71-73-75-77-84(87)93-82(81-92-94(88,89)91-79-78-85(3,4)5)80-90-83(86)76-74-72-70-68-66-64-62-60-58-56-54-52-50-48-46-37-35-33-31-29-27-25-23-21-19-17-15-13-11-9-7-2/h8-11,14-17,20-23,26-29,32,34,38-39,41-42,44-45,49,51,82H,6-7,12-13,18-19,24-25,30-31,33,35-37,40,43,46-48,50,52-81H2,1-5H3/b10-8-,11-9-,16-14-,17-15-,22-20-,23-21-,28-26-,29-27-,34-32-,39-38-,42-41-,45-44-,51-49-. The van der Waals surface area contributed by atoms with Crippen LogP contribution in [0.2, 0.25) is 0 Å². The molecule has 0 saturated heterocycles. The molecule has 0 fully saturated rings. The van der Waals surface area contributed by atoms with Crippen molar-refractivity contribution in [1.82, 2.24) is 0 Å². The number of phosphoric ester groups is 1. The monoisotopic (exact) mass is 1320 g/mol. The molecular formula is C84H142NO8P. The lowest BCUT2D eigenvalue weighted by atomic mass is 10.0. The van der Waals surface area contributed by atoms with Gasteiger partial charge in [0, 0.05) is 12.8 Å². The highest BCUT2D eigenvalue weighted by atomic mass is 31.2. The predicted octanol–water partition coefficient (Wildman–Crippen LogP) is 24.9. The zero-order chi connectivity index (χ0) is 68.3. The Morgan fingerprint density at radius 3 is 0.851 bits per heavy atom. The number of unbranched alkanes of at least 4 members (excludes halogenated alkanes) is 29. The zero-order valence-corrected chi connectivity index (χ0v) is 62.0. The molecule has 9 nitrogen and oxygen atoms in total. The van der Waals surface area contributed by atoms with Crippen molar-refractivity contribution in [1.29, 1.82) is 0 Å². The fourth-order valence-corrected chi connectivity index (χ4v) is 11.0. The molecule has 0 aliphatic rings. The topological polar surface area (TPSA) is 111 Å². The van der Waals surface area contributed by atoms with Gasteiger partial charge in [-0.1, -0.05) is 332 Å². The smallest absolute Gasteiger partial charge is 0.306 e. The maximum atomic E-state index is 12.9. The summed E-state index contributed by atoms with van der Waals surface area (Å²) in [5, 5.41) is 0. The van der Waals surface area contributed by atoms with E-state index in [1.807, 2.05) is 21.1 Å². The van der Waals surface area contributed by atoms with Crippen molar-refractivity contribution in [2.24, 2.45) is 0 Å². The van der Waals surface area contributed by atoms with Gasteiger partial charge in [0.05, 0.1) is 27.7 Å². The summed E-state index contributed by atoms with van der Waals surface area (Å²) in [6.45, 7) is 4.03. The lowest BCUT2D eigenvalue weighted by Crippen LogP contribution is -2.37. The van der Waals surface area contributed by atoms with Crippen LogP contribution in [0.25, 0.3) is 0 Å². The number of hydrogen-bond acceptors (Lipinski definition) is 8. The van der Waals surface area contributed by atoms with E-state index in [0.717, 1.165) is 128 Å². The Morgan fingerprint density at radius 1 is 0.330 bits per heavy atom. The molecule has 10 heteroatoms. The Kier molecular flexibility index (Phi) is 69.5. The quantitative estimate of drug-likeness (QED) is 0.0195. The van der Waals surface area contributed by atoms with Gasteiger partial charge in [-0.15, -0.1) is 0 Å². The average Bonchev–Trinajstić information content (AvgIpc) is 1.56. The minimum atomic E-state index is -4.65. The summed E-state index contributed by atoms with van der Waals surface area (Å²) in [6.07, 6.45) is 109. The molecule has 0 N–H and O–H groups in total. The summed E-state index contributed by atoms with van der Waals surface area (Å²) in [4.78, 5) is 38.2. The maximum absolute atomic E-state index is 12.9. The molecule has 94 heavy (non-hydrogen) atoms. The van der Waals surface area contributed by atoms with Gasteiger partial charge in [-0.25, -0.2) is 0 Å². The van der Waals surface area contributed by atoms with Crippen LogP contribution in [0.4, 0.5) is 0 Å². The molecule has 0 bridgehead atoms. The molecular weight excluding hydrogens is 1180 g/mol. The van der Waals surface area contributed by atoms with Crippen LogP contribution < -0.4 is 4.89 Å². The van der Waals surface area contributed by atoms with Gasteiger partial charge in [-0.2, -0.15) is 0 Å². The first-order valence-corrected chi connectivity index (χ1v) is 39.7. The molecule has 536 valence electrons. The molecule has 2 atom stereocenters. The molecule has 0 rings (SSSR count). The van der Waals surface area contributed by atoms with Gasteiger partial charge in [0.15, 0.2) is 6.10 Å². The first-order chi connectivity index (χ1) is 46.0. The molecule has 0 saturated carbocycles. The van der Waals surface area contributed by atoms with E-state index in [1.54, 1.807) is 0 Å². The van der Waals surface area contributed by atoms with Gasteiger partial charge in [0.25, 0.3) is 7.82 Å². The summed E-state index contributed by atoms with van der Waals surface area (Å²) in [7, 11) is 1.16. The van der Waals surface area contributed by atoms with Crippen molar-refractivity contribution >= 4 is 19.8 Å². The average molecular weight is 1330 g/mol. The van der Waals surface area contributed by atoms with E-state index >= 15 is 0 Å². The van der Waals surface area contributed by atoms with E-state index in [-0.39, 0.29) is 32.0 Å². The van der Waals surface area contributed by atoms with Gasteiger partial charge in [-0.05, 0) is 122 Å². The fraction of sp³-hybridized carbons (Fsp3) is 0.667. The minimum absolute atomic E-state index is 0.0369. The number of allylic oxidation sites excluding steroid dienone is 26. The molecule has 2 unspecified atom stereocenters. The molecule has 0 amide bonds. The third kappa shape index (κ3) is 76.6. The summed E-state index contributed by atoms with van der Waals surface area (Å²) in [5.41, 5.74) is 0. The van der Waals surface area contributed by atoms with E-state index in [0.29, 0.717) is 17.4 Å². The highest BCUT2D eigenvalue weighted by Gasteiger charge is 2.22.